The molecule has 0 aliphatic carbocycles. The minimum Gasteiger partial charge on any atom is -0.325 e. The van der Waals surface area contributed by atoms with Gasteiger partial charge in [-0.3, -0.25) is 14.2 Å². The van der Waals surface area contributed by atoms with Gasteiger partial charge in [0.05, 0.1) is 5.75 Å². The number of aromatic nitrogens is 2. The van der Waals surface area contributed by atoms with Gasteiger partial charge >= 0.3 is 0 Å². The average molecular weight is 390 g/mol. The van der Waals surface area contributed by atoms with Crippen molar-refractivity contribution in [3.63, 3.8) is 0 Å². The van der Waals surface area contributed by atoms with Crippen LogP contribution >= 0.6 is 23.4 Å². The molecule has 0 fully saturated rings. The van der Waals surface area contributed by atoms with Gasteiger partial charge < -0.3 is 5.32 Å². The first-order valence-corrected chi connectivity index (χ1v) is 8.91. The molecule has 5 nitrogen and oxygen atoms in total. The molecular formula is C18H13ClFN3O2S. The maximum atomic E-state index is 13.0. The molecule has 0 spiro atoms. The van der Waals surface area contributed by atoms with Gasteiger partial charge in [0.15, 0.2) is 5.03 Å². The minimum absolute atomic E-state index is 0.0161. The van der Waals surface area contributed by atoms with Crippen molar-refractivity contribution in [2.45, 2.75) is 5.03 Å². The van der Waals surface area contributed by atoms with Gasteiger partial charge in [-0.05, 0) is 42.5 Å². The number of carbonyl (C=O) groups excluding carboxylic acids is 1. The fraction of sp³-hybridized carbons (Fsp3) is 0.0556. The van der Waals surface area contributed by atoms with E-state index in [2.05, 4.69) is 10.3 Å². The van der Waals surface area contributed by atoms with E-state index in [4.69, 9.17) is 11.6 Å². The zero-order valence-electron chi connectivity index (χ0n) is 13.4. The van der Waals surface area contributed by atoms with Crippen molar-refractivity contribution in [2.75, 3.05) is 11.1 Å². The van der Waals surface area contributed by atoms with Gasteiger partial charge in [-0.2, -0.15) is 0 Å². The predicted molar refractivity (Wildman–Crippen MR) is 101 cm³/mol. The van der Waals surface area contributed by atoms with Crippen LogP contribution in [0.2, 0.25) is 5.02 Å². The number of halogens is 2. The van der Waals surface area contributed by atoms with Crippen molar-refractivity contribution in [3.05, 3.63) is 82.1 Å². The van der Waals surface area contributed by atoms with Gasteiger partial charge in [-0.1, -0.05) is 29.4 Å². The Bertz CT molecular complexity index is 992. The lowest BCUT2D eigenvalue weighted by Crippen LogP contribution is -2.22. The lowest BCUT2D eigenvalue weighted by atomic mass is 10.3. The van der Waals surface area contributed by atoms with E-state index in [1.807, 2.05) is 0 Å². The number of hydrogen-bond acceptors (Lipinski definition) is 4. The van der Waals surface area contributed by atoms with E-state index < -0.39 is 0 Å². The zero-order valence-corrected chi connectivity index (χ0v) is 14.9. The SMILES string of the molecule is O=C(CSc1nccn(-c2ccc(F)cc2)c1=O)Nc1cccc(Cl)c1. The van der Waals surface area contributed by atoms with Crippen molar-refractivity contribution in [3.8, 4) is 5.69 Å². The highest BCUT2D eigenvalue weighted by atomic mass is 35.5. The van der Waals surface area contributed by atoms with Gasteiger partial charge in [-0.25, -0.2) is 9.37 Å². The Morgan fingerprint density at radius 1 is 1.23 bits per heavy atom. The summed E-state index contributed by atoms with van der Waals surface area (Å²) in [5.41, 5.74) is 0.719. The fourth-order valence-electron chi connectivity index (χ4n) is 2.19. The number of benzene rings is 2. The smallest absolute Gasteiger partial charge is 0.287 e. The van der Waals surface area contributed by atoms with E-state index in [1.54, 1.807) is 24.3 Å². The Labute approximate surface area is 157 Å². The molecular weight excluding hydrogens is 377 g/mol. The lowest BCUT2D eigenvalue weighted by molar-refractivity contribution is -0.113. The summed E-state index contributed by atoms with van der Waals surface area (Å²) in [5.74, 6) is -0.652. The van der Waals surface area contributed by atoms with Crippen LogP contribution in [0.3, 0.4) is 0 Å². The van der Waals surface area contributed by atoms with Crippen LogP contribution in [0.4, 0.5) is 10.1 Å². The maximum Gasteiger partial charge on any atom is 0.287 e. The number of amides is 1. The standard InChI is InChI=1S/C18H13ClFN3O2S/c19-12-2-1-3-14(10-12)22-16(24)11-26-17-18(25)23(9-8-21-17)15-6-4-13(20)5-7-15/h1-10H,11H2,(H,22,24). The Morgan fingerprint density at radius 2 is 2.00 bits per heavy atom. The first-order valence-electron chi connectivity index (χ1n) is 7.55. The first-order chi connectivity index (χ1) is 12.5. The number of thioether (sulfide) groups is 1. The molecule has 2 aromatic carbocycles. The van der Waals surface area contributed by atoms with E-state index in [0.717, 1.165) is 11.8 Å². The topological polar surface area (TPSA) is 64.0 Å². The summed E-state index contributed by atoms with van der Waals surface area (Å²) in [4.78, 5) is 28.6. The van der Waals surface area contributed by atoms with Crippen LogP contribution in [0.25, 0.3) is 5.69 Å². The highest BCUT2D eigenvalue weighted by Crippen LogP contribution is 2.17. The summed E-state index contributed by atoms with van der Waals surface area (Å²) in [5, 5.41) is 3.40. The normalized spacial score (nSPS) is 10.5. The van der Waals surface area contributed by atoms with Crippen molar-refractivity contribution in [1.29, 1.82) is 0 Å². The van der Waals surface area contributed by atoms with Crippen LogP contribution < -0.4 is 10.9 Å². The summed E-state index contributed by atoms with van der Waals surface area (Å²) in [6.45, 7) is 0. The zero-order chi connectivity index (χ0) is 18.5. The van der Waals surface area contributed by atoms with E-state index in [0.29, 0.717) is 16.4 Å². The molecule has 0 unspecified atom stereocenters. The number of anilines is 1. The van der Waals surface area contributed by atoms with Gasteiger partial charge in [0.25, 0.3) is 5.56 Å². The molecule has 26 heavy (non-hydrogen) atoms. The molecule has 132 valence electrons. The monoisotopic (exact) mass is 389 g/mol. The third-order valence-corrected chi connectivity index (χ3v) is 4.56. The van der Waals surface area contributed by atoms with Crippen LogP contribution in [0.1, 0.15) is 0 Å². The second-order valence-electron chi connectivity index (χ2n) is 5.23. The summed E-state index contributed by atoms with van der Waals surface area (Å²) in [7, 11) is 0. The van der Waals surface area contributed by atoms with Crippen molar-refractivity contribution < 1.29 is 9.18 Å². The molecule has 0 atom stereocenters. The third kappa shape index (κ3) is 4.50. The van der Waals surface area contributed by atoms with Crippen LogP contribution in [0.15, 0.2) is 70.7 Å². The van der Waals surface area contributed by atoms with Crippen LogP contribution in [0.5, 0.6) is 0 Å². The number of hydrogen-bond donors (Lipinski definition) is 1. The number of nitrogens with one attached hydrogen (secondary N) is 1. The minimum atomic E-state index is -0.386. The predicted octanol–water partition coefficient (Wildman–Crippen LogP) is 3.76. The molecule has 1 N–H and O–H groups in total. The van der Waals surface area contributed by atoms with Gasteiger partial charge in [0.2, 0.25) is 5.91 Å². The first kappa shape index (κ1) is 18.2. The fourth-order valence-corrected chi connectivity index (χ4v) is 3.08. The summed E-state index contributed by atoms with van der Waals surface area (Å²) in [6.07, 6.45) is 2.95. The van der Waals surface area contributed by atoms with E-state index in [1.165, 1.54) is 41.2 Å². The molecule has 3 aromatic rings. The summed E-state index contributed by atoms with van der Waals surface area (Å²) in [6, 6.07) is 12.3. The molecule has 0 saturated carbocycles. The molecule has 1 amide bonds. The number of nitrogens with zero attached hydrogens (tertiary/aromatic N) is 2. The van der Waals surface area contributed by atoms with Gasteiger partial charge in [0.1, 0.15) is 5.82 Å². The Morgan fingerprint density at radius 3 is 2.73 bits per heavy atom. The van der Waals surface area contributed by atoms with Crippen molar-refractivity contribution in [1.82, 2.24) is 9.55 Å². The number of carbonyl (C=O) groups is 1. The number of rotatable bonds is 5. The highest BCUT2D eigenvalue weighted by molar-refractivity contribution is 7.99. The third-order valence-electron chi connectivity index (χ3n) is 3.36. The van der Waals surface area contributed by atoms with Crippen molar-refractivity contribution >= 4 is 35.0 Å². The molecule has 3 rings (SSSR count). The molecule has 1 heterocycles. The maximum absolute atomic E-state index is 13.0. The van der Waals surface area contributed by atoms with E-state index >= 15 is 0 Å². The summed E-state index contributed by atoms with van der Waals surface area (Å²) < 4.78 is 14.4. The molecule has 0 radical (unpaired) electrons. The van der Waals surface area contributed by atoms with E-state index in [9.17, 15) is 14.0 Å². The molecule has 0 saturated heterocycles. The average Bonchev–Trinajstić information content (AvgIpc) is 2.62. The van der Waals surface area contributed by atoms with Crippen LogP contribution in [-0.2, 0) is 4.79 Å². The second-order valence-corrected chi connectivity index (χ2v) is 6.63. The molecule has 8 heteroatoms. The van der Waals surface area contributed by atoms with Gasteiger partial charge in [0, 0.05) is 28.8 Å². The molecule has 0 aliphatic rings. The molecule has 1 aromatic heterocycles. The van der Waals surface area contributed by atoms with Gasteiger partial charge in [-0.15, -0.1) is 0 Å². The summed E-state index contributed by atoms with van der Waals surface area (Å²) >= 11 is 6.90. The Hall–Kier alpha value is -2.64. The van der Waals surface area contributed by atoms with Crippen LogP contribution in [0, 0.1) is 5.82 Å². The quantitative estimate of drug-likeness (QED) is 0.675. The molecule has 0 aliphatic heterocycles. The highest BCUT2D eigenvalue weighted by Gasteiger charge is 2.10. The largest absolute Gasteiger partial charge is 0.325 e. The van der Waals surface area contributed by atoms with Crippen molar-refractivity contribution in [2.24, 2.45) is 0 Å². The Balaban J connectivity index is 1.70. The lowest BCUT2D eigenvalue weighted by Gasteiger charge is -2.08. The van der Waals surface area contributed by atoms with Crippen LogP contribution in [-0.4, -0.2) is 21.2 Å². The Kier molecular flexibility index (Phi) is 5.70. The molecule has 0 bridgehead atoms. The van der Waals surface area contributed by atoms with E-state index in [-0.39, 0.29) is 28.1 Å². The second kappa shape index (κ2) is 8.16.